The zero-order valence-electron chi connectivity index (χ0n) is 14.7. The molecule has 0 aromatic heterocycles. The van der Waals surface area contributed by atoms with Crippen molar-refractivity contribution in [3.63, 3.8) is 0 Å². The van der Waals surface area contributed by atoms with Crippen molar-refractivity contribution in [3.8, 4) is 5.75 Å². The van der Waals surface area contributed by atoms with Crippen LogP contribution in [0.3, 0.4) is 0 Å². The predicted octanol–water partition coefficient (Wildman–Crippen LogP) is 4.69. The summed E-state index contributed by atoms with van der Waals surface area (Å²) >= 11 is 6.10. The molecule has 1 N–H and O–H groups in total. The quantitative estimate of drug-likeness (QED) is 0.627. The fourth-order valence-electron chi connectivity index (χ4n) is 2.55. The van der Waals surface area contributed by atoms with Gasteiger partial charge in [-0.25, -0.2) is 4.79 Å². The summed E-state index contributed by atoms with van der Waals surface area (Å²) in [6.45, 7) is 1.81. The fourth-order valence-corrected chi connectivity index (χ4v) is 2.72. The third kappa shape index (κ3) is 4.77. The first-order chi connectivity index (χ1) is 13.1. The fraction of sp³-hybridized carbons (Fsp3) is 0.143. The van der Waals surface area contributed by atoms with E-state index in [4.69, 9.17) is 21.1 Å². The van der Waals surface area contributed by atoms with Gasteiger partial charge >= 0.3 is 5.97 Å². The van der Waals surface area contributed by atoms with E-state index in [0.717, 1.165) is 10.8 Å². The number of fused-ring (bicyclic) bond motifs is 1. The molecule has 0 heterocycles. The number of amides is 1. The summed E-state index contributed by atoms with van der Waals surface area (Å²) in [4.78, 5) is 24.0. The van der Waals surface area contributed by atoms with Crippen LogP contribution < -0.4 is 10.1 Å². The highest BCUT2D eigenvalue weighted by molar-refractivity contribution is 6.33. The molecule has 138 valence electrons. The van der Waals surface area contributed by atoms with Crippen molar-refractivity contribution in [2.45, 2.75) is 6.92 Å². The van der Waals surface area contributed by atoms with Gasteiger partial charge in [0.25, 0.3) is 5.91 Å². The number of carbonyl (C=O) groups is 2. The SMILES string of the molecule is CCOC(=O)c1ccc(Cl)c(NC(=O)COc2ccc3ccccc3c2)c1. The molecule has 3 rings (SSSR count). The third-order valence-electron chi connectivity index (χ3n) is 3.84. The number of hydrogen-bond donors (Lipinski definition) is 1. The number of esters is 1. The van der Waals surface area contributed by atoms with Crippen LogP contribution in [0.2, 0.25) is 5.02 Å². The molecule has 0 bridgehead atoms. The minimum absolute atomic E-state index is 0.182. The summed E-state index contributed by atoms with van der Waals surface area (Å²) in [5.41, 5.74) is 0.640. The molecule has 0 aliphatic rings. The lowest BCUT2D eigenvalue weighted by Crippen LogP contribution is -2.20. The number of halogens is 1. The average molecular weight is 384 g/mol. The molecule has 3 aromatic rings. The van der Waals surface area contributed by atoms with E-state index >= 15 is 0 Å². The number of hydrogen-bond acceptors (Lipinski definition) is 4. The molecule has 1 amide bonds. The minimum Gasteiger partial charge on any atom is -0.484 e. The Bertz CT molecular complexity index is 987. The van der Waals surface area contributed by atoms with E-state index in [9.17, 15) is 9.59 Å². The lowest BCUT2D eigenvalue weighted by molar-refractivity contribution is -0.118. The summed E-state index contributed by atoms with van der Waals surface area (Å²) in [5.74, 6) is -0.265. The van der Waals surface area contributed by atoms with Gasteiger partial charge in [0, 0.05) is 0 Å². The van der Waals surface area contributed by atoms with Crippen LogP contribution in [0.25, 0.3) is 10.8 Å². The van der Waals surface area contributed by atoms with Crippen molar-refractivity contribution >= 4 is 39.9 Å². The van der Waals surface area contributed by atoms with E-state index in [0.29, 0.717) is 22.0 Å². The first kappa shape index (κ1) is 18.7. The Hall–Kier alpha value is -3.05. The van der Waals surface area contributed by atoms with Gasteiger partial charge in [-0.3, -0.25) is 4.79 Å². The van der Waals surface area contributed by atoms with Crippen LogP contribution >= 0.6 is 11.6 Å². The first-order valence-corrected chi connectivity index (χ1v) is 8.82. The maximum atomic E-state index is 12.2. The van der Waals surface area contributed by atoms with E-state index in [1.54, 1.807) is 13.0 Å². The second-order valence-corrected chi connectivity index (χ2v) is 6.17. The Labute approximate surface area is 161 Å². The van der Waals surface area contributed by atoms with E-state index in [2.05, 4.69) is 5.32 Å². The van der Waals surface area contributed by atoms with Gasteiger partial charge in [0.15, 0.2) is 6.61 Å². The highest BCUT2D eigenvalue weighted by Gasteiger charge is 2.12. The smallest absolute Gasteiger partial charge is 0.338 e. The molecule has 0 spiro atoms. The normalized spacial score (nSPS) is 10.4. The van der Waals surface area contributed by atoms with Gasteiger partial charge in [-0.1, -0.05) is 41.9 Å². The summed E-state index contributed by atoms with van der Waals surface area (Å²) in [5, 5.41) is 5.10. The van der Waals surface area contributed by atoms with Gasteiger partial charge in [0.05, 0.1) is 22.9 Å². The van der Waals surface area contributed by atoms with Crippen LogP contribution in [-0.2, 0) is 9.53 Å². The highest BCUT2D eigenvalue weighted by Crippen LogP contribution is 2.24. The molecule has 3 aromatic carbocycles. The lowest BCUT2D eigenvalue weighted by atomic mass is 10.1. The molecule has 0 aliphatic heterocycles. The molecule has 27 heavy (non-hydrogen) atoms. The Kier molecular flexibility index (Phi) is 5.94. The van der Waals surface area contributed by atoms with E-state index in [1.807, 2.05) is 42.5 Å². The van der Waals surface area contributed by atoms with Crippen molar-refractivity contribution in [1.82, 2.24) is 0 Å². The minimum atomic E-state index is -0.475. The molecule has 0 aliphatic carbocycles. The summed E-state index contributed by atoms with van der Waals surface area (Å²) in [7, 11) is 0. The molecule has 0 fully saturated rings. The van der Waals surface area contributed by atoms with E-state index in [1.165, 1.54) is 12.1 Å². The summed E-state index contributed by atoms with van der Waals surface area (Å²) in [6.07, 6.45) is 0. The van der Waals surface area contributed by atoms with Crippen molar-refractivity contribution in [1.29, 1.82) is 0 Å². The average Bonchev–Trinajstić information content (AvgIpc) is 2.68. The molecule has 0 atom stereocenters. The Balaban J connectivity index is 1.64. The third-order valence-corrected chi connectivity index (χ3v) is 4.17. The summed E-state index contributed by atoms with van der Waals surface area (Å²) < 4.78 is 10.5. The van der Waals surface area contributed by atoms with Crippen LogP contribution in [0.15, 0.2) is 60.7 Å². The van der Waals surface area contributed by atoms with Crippen molar-refractivity contribution in [2.24, 2.45) is 0 Å². The Morgan fingerprint density at radius 3 is 2.56 bits per heavy atom. The summed E-state index contributed by atoms with van der Waals surface area (Å²) in [6, 6.07) is 18.1. The predicted molar refractivity (Wildman–Crippen MR) is 105 cm³/mol. The molecular weight excluding hydrogens is 366 g/mol. The number of benzene rings is 3. The standard InChI is InChI=1S/C21H18ClNO4/c1-2-26-21(25)16-8-10-18(22)19(12-16)23-20(24)13-27-17-9-7-14-5-3-4-6-15(14)11-17/h3-12H,2,13H2,1H3,(H,23,24). The molecular formula is C21H18ClNO4. The van der Waals surface area contributed by atoms with Crippen LogP contribution in [-0.4, -0.2) is 25.1 Å². The first-order valence-electron chi connectivity index (χ1n) is 8.45. The number of carbonyl (C=O) groups excluding carboxylic acids is 2. The zero-order valence-corrected chi connectivity index (χ0v) is 15.5. The van der Waals surface area contributed by atoms with E-state index < -0.39 is 5.97 Å². The van der Waals surface area contributed by atoms with Gasteiger partial charge < -0.3 is 14.8 Å². The maximum absolute atomic E-state index is 12.2. The van der Waals surface area contributed by atoms with Gasteiger partial charge in [-0.15, -0.1) is 0 Å². The van der Waals surface area contributed by atoms with Gasteiger partial charge in [0.1, 0.15) is 5.75 Å². The lowest BCUT2D eigenvalue weighted by Gasteiger charge is -2.11. The number of rotatable bonds is 6. The topological polar surface area (TPSA) is 64.6 Å². The largest absolute Gasteiger partial charge is 0.484 e. The molecule has 0 saturated heterocycles. The van der Waals surface area contributed by atoms with Gasteiger partial charge in [0.2, 0.25) is 0 Å². The second kappa shape index (κ2) is 8.56. The highest BCUT2D eigenvalue weighted by atomic mass is 35.5. The van der Waals surface area contributed by atoms with Crippen LogP contribution in [0.4, 0.5) is 5.69 Å². The Morgan fingerprint density at radius 1 is 1.00 bits per heavy atom. The number of anilines is 1. The monoisotopic (exact) mass is 383 g/mol. The molecule has 5 nitrogen and oxygen atoms in total. The van der Waals surface area contributed by atoms with Crippen molar-refractivity contribution < 1.29 is 19.1 Å². The molecule has 0 unspecified atom stereocenters. The van der Waals surface area contributed by atoms with Gasteiger partial charge in [-0.2, -0.15) is 0 Å². The number of nitrogens with one attached hydrogen (secondary N) is 1. The molecule has 0 saturated carbocycles. The van der Waals surface area contributed by atoms with Crippen molar-refractivity contribution in [2.75, 3.05) is 18.5 Å². The number of ether oxygens (including phenoxy) is 2. The van der Waals surface area contributed by atoms with Gasteiger partial charge in [-0.05, 0) is 48.0 Å². The van der Waals surface area contributed by atoms with E-state index in [-0.39, 0.29) is 19.1 Å². The van der Waals surface area contributed by atoms with Crippen LogP contribution in [0.1, 0.15) is 17.3 Å². The Morgan fingerprint density at radius 2 is 1.78 bits per heavy atom. The van der Waals surface area contributed by atoms with Crippen LogP contribution in [0.5, 0.6) is 5.75 Å². The molecule has 6 heteroatoms. The molecule has 0 radical (unpaired) electrons. The second-order valence-electron chi connectivity index (χ2n) is 5.76. The maximum Gasteiger partial charge on any atom is 0.338 e. The zero-order chi connectivity index (χ0) is 19.2. The van der Waals surface area contributed by atoms with Crippen molar-refractivity contribution in [3.05, 3.63) is 71.2 Å². The van der Waals surface area contributed by atoms with Crippen LogP contribution in [0, 0.1) is 0 Å².